The molecule has 0 atom stereocenters. The molecule has 136 valence electrons. The fraction of sp³-hybridized carbons (Fsp3) is 0.250. The van der Waals surface area contributed by atoms with Crippen molar-refractivity contribution in [2.24, 2.45) is 0 Å². The summed E-state index contributed by atoms with van der Waals surface area (Å²) >= 11 is 0. The second-order valence-corrected chi connectivity index (χ2v) is 8.11. The van der Waals surface area contributed by atoms with Crippen molar-refractivity contribution in [2.45, 2.75) is 29.6 Å². The van der Waals surface area contributed by atoms with E-state index in [-0.39, 0.29) is 10.8 Å². The summed E-state index contributed by atoms with van der Waals surface area (Å²) in [6.07, 6.45) is 4.26. The lowest BCUT2D eigenvalue weighted by atomic mass is 9.64. The monoisotopic (exact) mass is 370 g/mol. The third-order valence-electron chi connectivity index (χ3n) is 4.79. The van der Waals surface area contributed by atoms with Crippen LogP contribution >= 0.6 is 0 Å². The summed E-state index contributed by atoms with van der Waals surface area (Å²) in [5, 5.41) is 2.88. The Morgan fingerprint density at radius 2 is 1.73 bits per heavy atom. The molecule has 2 aromatic rings. The standard InChI is InChI=1S/C20H22N2O3S/c1-2-15-21-19(23)20(13-6-14-20)16-9-11-17(12-10-16)22-26(24,25)18-7-4-3-5-8-18/h2-5,7-12,22H,1,6,13-15H2,(H,21,23). The van der Waals surface area contributed by atoms with Crippen LogP contribution in [0.1, 0.15) is 24.8 Å². The Bertz CT molecular complexity index is 886. The van der Waals surface area contributed by atoms with Gasteiger partial charge in [0.25, 0.3) is 10.0 Å². The first-order chi connectivity index (χ1) is 12.5. The minimum Gasteiger partial charge on any atom is -0.352 e. The molecule has 6 heteroatoms. The van der Waals surface area contributed by atoms with Crippen molar-refractivity contribution in [1.82, 2.24) is 5.32 Å². The number of benzene rings is 2. The van der Waals surface area contributed by atoms with Gasteiger partial charge in [0.05, 0.1) is 10.3 Å². The van der Waals surface area contributed by atoms with E-state index in [9.17, 15) is 13.2 Å². The molecule has 0 bridgehead atoms. The number of nitrogens with one attached hydrogen (secondary N) is 2. The van der Waals surface area contributed by atoms with E-state index in [4.69, 9.17) is 0 Å². The van der Waals surface area contributed by atoms with Gasteiger partial charge in [-0.2, -0.15) is 0 Å². The Kier molecular flexibility index (Phi) is 5.13. The van der Waals surface area contributed by atoms with Gasteiger partial charge in [0.1, 0.15) is 0 Å². The molecule has 1 aliphatic carbocycles. The van der Waals surface area contributed by atoms with E-state index < -0.39 is 15.4 Å². The fourth-order valence-corrected chi connectivity index (χ4v) is 4.26. The van der Waals surface area contributed by atoms with Gasteiger partial charge >= 0.3 is 0 Å². The van der Waals surface area contributed by atoms with E-state index >= 15 is 0 Å². The maximum Gasteiger partial charge on any atom is 0.261 e. The lowest BCUT2D eigenvalue weighted by molar-refractivity contribution is -0.129. The Morgan fingerprint density at radius 3 is 2.27 bits per heavy atom. The zero-order valence-electron chi connectivity index (χ0n) is 14.4. The zero-order chi connectivity index (χ0) is 18.6. The SMILES string of the molecule is C=CCNC(=O)C1(c2ccc(NS(=O)(=O)c3ccccc3)cc2)CCC1. The van der Waals surface area contributed by atoms with Gasteiger partial charge in [0, 0.05) is 12.2 Å². The number of amides is 1. The van der Waals surface area contributed by atoms with Crippen molar-refractivity contribution >= 4 is 21.6 Å². The molecule has 0 radical (unpaired) electrons. The van der Waals surface area contributed by atoms with Crippen LogP contribution in [0.5, 0.6) is 0 Å². The van der Waals surface area contributed by atoms with Crippen molar-refractivity contribution in [1.29, 1.82) is 0 Å². The molecule has 2 N–H and O–H groups in total. The molecule has 0 unspecified atom stereocenters. The molecule has 1 saturated carbocycles. The van der Waals surface area contributed by atoms with Gasteiger partial charge in [-0.3, -0.25) is 9.52 Å². The Morgan fingerprint density at radius 1 is 1.08 bits per heavy atom. The van der Waals surface area contributed by atoms with Crippen LogP contribution in [0.15, 0.2) is 72.1 Å². The number of sulfonamides is 1. The highest BCUT2D eigenvalue weighted by Gasteiger charge is 2.45. The van der Waals surface area contributed by atoms with Crippen molar-refractivity contribution in [3.63, 3.8) is 0 Å². The molecule has 2 aromatic carbocycles. The van der Waals surface area contributed by atoms with Gasteiger partial charge in [-0.05, 0) is 42.7 Å². The number of carbonyl (C=O) groups excluding carboxylic acids is 1. The van der Waals surface area contributed by atoms with E-state index in [0.29, 0.717) is 12.2 Å². The van der Waals surface area contributed by atoms with Crippen molar-refractivity contribution < 1.29 is 13.2 Å². The van der Waals surface area contributed by atoms with Gasteiger partial charge in [-0.15, -0.1) is 6.58 Å². The molecule has 0 heterocycles. The topological polar surface area (TPSA) is 75.3 Å². The highest BCUT2D eigenvalue weighted by atomic mass is 32.2. The third kappa shape index (κ3) is 3.51. The number of hydrogen-bond donors (Lipinski definition) is 2. The minimum absolute atomic E-state index is 0.00117. The largest absolute Gasteiger partial charge is 0.352 e. The van der Waals surface area contributed by atoms with Gasteiger partial charge in [-0.1, -0.05) is 42.8 Å². The van der Waals surface area contributed by atoms with Crippen molar-refractivity contribution in [3.05, 3.63) is 72.8 Å². The van der Waals surface area contributed by atoms with Crippen LogP contribution < -0.4 is 10.0 Å². The number of rotatable bonds is 7. The first-order valence-corrected chi connectivity index (χ1v) is 10.0. The van der Waals surface area contributed by atoms with Crippen LogP contribution in [0, 0.1) is 0 Å². The normalized spacial score (nSPS) is 15.5. The maximum atomic E-state index is 12.5. The first kappa shape index (κ1) is 18.2. The summed E-state index contributed by atoms with van der Waals surface area (Å²) in [4.78, 5) is 12.7. The lowest BCUT2D eigenvalue weighted by Crippen LogP contribution is -2.49. The summed E-state index contributed by atoms with van der Waals surface area (Å²) in [6.45, 7) is 4.06. The molecule has 0 spiro atoms. The third-order valence-corrected chi connectivity index (χ3v) is 6.19. The van der Waals surface area contributed by atoms with Crippen molar-refractivity contribution in [2.75, 3.05) is 11.3 Å². The van der Waals surface area contributed by atoms with E-state index in [1.807, 2.05) is 12.1 Å². The zero-order valence-corrected chi connectivity index (χ0v) is 15.3. The predicted molar refractivity (Wildman–Crippen MR) is 102 cm³/mol. The fourth-order valence-electron chi connectivity index (χ4n) is 3.18. The van der Waals surface area contributed by atoms with E-state index in [0.717, 1.165) is 24.8 Å². The van der Waals surface area contributed by atoms with Crippen molar-refractivity contribution in [3.8, 4) is 0 Å². The molecule has 0 aromatic heterocycles. The molecular weight excluding hydrogens is 348 g/mol. The molecule has 3 rings (SSSR count). The van der Waals surface area contributed by atoms with E-state index in [2.05, 4.69) is 16.6 Å². The Labute approximate surface area is 154 Å². The summed E-state index contributed by atoms with van der Waals surface area (Å²) < 4.78 is 27.4. The average Bonchev–Trinajstić information content (AvgIpc) is 2.61. The second-order valence-electron chi connectivity index (χ2n) is 6.43. The van der Waals surface area contributed by atoms with Gasteiger partial charge in [0.2, 0.25) is 5.91 Å². The van der Waals surface area contributed by atoms with Gasteiger partial charge in [-0.25, -0.2) is 8.42 Å². The first-order valence-electron chi connectivity index (χ1n) is 8.55. The van der Waals surface area contributed by atoms with Crippen LogP contribution in [-0.4, -0.2) is 20.9 Å². The Hall–Kier alpha value is -2.60. The lowest BCUT2D eigenvalue weighted by Gasteiger charge is -2.40. The van der Waals surface area contributed by atoms with Gasteiger partial charge in [0.15, 0.2) is 0 Å². The van der Waals surface area contributed by atoms with Crippen LogP contribution in [0.3, 0.4) is 0 Å². The highest BCUT2D eigenvalue weighted by Crippen LogP contribution is 2.44. The molecule has 0 saturated heterocycles. The molecule has 1 aliphatic rings. The molecule has 0 aliphatic heterocycles. The summed E-state index contributed by atoms with van der Waals surface area (Å²) in [6, 6.07) is 15.3. The average molecular weight is 370 g/mol. The van der Waals surface area contributed by atoms with Gasteiger partial charge < -0.3 is 5.32 Å². The second kappa shape index (κ2) is 7.33. The predicted octanol–water partition coefficient (Wildman–Crippen LogP) is 3.21. The van der Waals surface area contributed by atoms with Crippen LogP contribution in [0.4, 0.5) is 5.69 Å². The summed E-state index contributed by atoms with van der Waals surface area (Å²) in [5.41, 5.74) is 0.867. The van der Waals surface area contributed by atoms with E-state index in [1.165, 1.54) is 0 Å². The highest BCUT2D eigenvalue weighted by molar-refractivity contribution is 7.92. The quantitative estimate of drug-likeness (QED) is 0.735. The number of anilines is 1. The molecule has 26 heavy (non-hydrogen) atoms. The maximum absolute atomic E-state index is 12.5. The van der Waals surface area contributed by atoms with Crippen LogP contribution in [-0.2, 0) is 20.2 Å². The molecule has 1 amide bonds. The summed E-state index contributed by atoms with van der Waals surface area (Å²) in [5.74, 6) is 0.00117. The van der Waals surface area contributed by atoms with E-state index in [1.54, 1.807) is 48.5 Å². The molecular formula is C20H22N2O3S. The van der Waals surface area contributed by atoms with Crippen LogP contribution in [0.2, 0.25) is 0 Å². The summed E-state index contributed by atoms with van der Waals surface area (Å²) in [7, 11) is -3.62. The smallest absolute Gasteiger partial charge is 0.261 e. The number of carbonyl (C=O) groups is 1. The molecule has 1 fully saturated rings. The van der Waals surface area contributed by atoms with Crippen LogP contribution in [0.25, 0.3) is 0 Å². The number of hydrogen-bond acceptors (Lipinski definition) is 3. The molecule has 5 nitrogen and oxygen atoms in total. The Balaban J connectivity index is 1.78. The minimum atomic E-state index is -3.62.